The van der Waals surface area contributed by atoms with E-state index in [1.165, 1.54) is 16.9 Å². The molecule has 1 heterocycles. The fourth-order valence-corrected chi connectivity index (χ4v) is 2.67. The normalized spacial score (nSPS) is 14.2. The van der Waals surface area contributed by atoms with Crippen molar-refractivity contribution in [2.75, 3.05) is 30.4 Å². The number of rotatable bonds is 3. The lowest BCUT2D eigenvalue weighted by atomic mass is 10.1. The number of anilines is 2. The summed E-state index contributed by atoms with van der Waals surface area (Å²) < 4.78 is 5.31. The Bertz CT molecular complexity index is 583. The summed E-state index contributed by atoms with van der Waals surface area (Å²) in [5.74, 6) is 0.920. The third-order valence-electron chi connectivity index (χ3n) is 3.67. The first-order valence-electron chi connectivity index (χ1n) is 7.07. The maximum atomic E-state index is 5.31. The van der Waals surface area contributed by atoms with Crippen LogP contribution in [-0.2, 0) is 6.54 Å². The molecule has 3 rings (SSSR count). The molecule has 0 bridgehead atoms. The standard InChI is InChI=1S/C17H20N2O/c1-20-15-7-4-6-14(12-15)13-19-11-5-10-18-16-8-2-3-9-17(16)19/h2-4,6-9,12,18H,5,10-11,13H2,1H3. The molecular weight excluding hydrogens is 248 g/mol. The van der Waals surface area contributed by atoms with Crippen LogP contribution in [-0.4, -0.2) is 20.2 Å². The van der Waals surface area contributed by atoms with Gasteiger partial charge in [-0.2, -0.15) is 0 Å². The molecule has 2 aromatic rings. The van der Waals surface area contributed by atoms with Crippen LogP contribution in [0, 0.1) is 0 Å². The number of benzene rings is 2. The molecular formula is C17H20N2O. The average molecular weight is 268 g/mol. The van der Waals surface area contributed by atoms with Gasteiger partial charge in [0.2, 0.25) is 0 Å². The van der Waals surface area contributed by atoms with Gasteiger partial charge in [0.1, 0.15) is 5.75 Å². The van der Waals surface area contributed by atoms with Crippen molar-refractivity contribution < 1.29 is 4.74 Å². The van der Waals surface area contributed by atoms with Crippen molar-refractivity contribution in [3.63, 3.8) is 0 Å². The Hall–Kier alpha value is -2.16. The lowest BCUT2D eigenvalue weighted by molar-refractivity contribution is 0.414. The van der Waals surface area contributed by atoms with E-state index in [2.05, 4.69) is 52.7 Å². The molecule has 0 amide bonds. The second-order valence-electron chi connectivity index (χ2n) is 5.07. The molecule has 0 atom stereocenters. The average Bonchev–Trinajstić information content (AvgIpc) is 2.70. The predicted octanol–water partition coefficient (Wildman–Crippen LogP) is 3.52. The van der Waals surface area contributed by atoms with Crippen molar-refractivity contribution >= 4 is 11.4 Å². The molecule has 2 aromatic carbocycles. The largest absolute Gasteiger partial charge is 0.497 e. The van der Waals surface area contributed by atoms with Gasteiger partial charge in [-0.15, -0.1) is 0 Å². The number of hydrogen-bond donors (Lipinski definition) is 1. The van der Waals surface area contributed by atoms with Crippen LogP contribution >= 0.6 is 0 Å². The minimum Gasteiger partial charge on any atom is -0.497 e. The quantitative estimate of drug-likeness (QED) is 0.921. The van der Waals surface area contributed by atoms with Gasteiger partial charge in [0.05, 0.1) is 18.5 Å². The molecule has 1 aliphatic heterocycles. The Morgan fingerprint density at radius 2 is 2.05 bits per heavy atom. The number of hydrogen-bond acceptors (Lipinski definition) is 3. The molecule has 0 spiro atoms. The molecule has 104 valence electrons. The fraction of sp³-hybridized carbons (Fsp3) is 0.294. The first-order valence-corrected chi connectivity index (χ1v) is 7.07. The van der Waals surface area contributed by atoms with Gasteiger partial charge >= 0.3 is 0 Å². The van der Waals surface area contributed by atoms with Crippen molar-refractivity contribution in [3.8, 4) is 5.75 Å². The first kappa shape index (κ1) is 12.9. The Kier molecular flexibility index (Phi) is 3.77. The molecule has 3 heteroatoms. The van der Waals surface area contributed by atoms with E-state index in [9.17, 15) is 0 Å². The fourth-order valence-electron chi connectivity index (χ4n) is 2.67. The van der Waals surface area contributed by atoms with E-state index in [0.29, 0.717) is 0 Å². The van der Waals surface area contributed by atoms with E-state index >= 15 is 0 Å². The van der Waals surface area contributed by atoms with Crippen LogP contribution in [0.5, 0.6) is 5.75 Å². The molecule has 0 saturated carbocycles. The highest BCUT2D eigenvalue weighted by Gasteiger charge is 2.14. The highest BCUT2D eigenvalue weighted by Crippen LogP contribution is 2.29. The maximum absolute atomic E-state index is 5.31. The van der Waals surface area contributed by atoms with Gasteiger partial charge in [-0.25, -0.2) is 0 Å². The number of ether oxygens (including phenoxy) is 1. The lowest BCUT2D eigenvalue weighted by Crippen LogP contribution is -2.23. The molecule has 1 N–H and O–H groups in total. The van der Waals surface area contributed by atoms with E-state index in [-0.39, 0.29) is 0 Å². The number of methoxy groups -OCH3 is 1. The smallest absolute Gasteiger partial charge is 0.119 e. The summed E-state index contributed by atoms with van der Waals surface area (Å²) >= 11 is 0. The summed E-state index contributed by atoms with van der Waals surface area (Å²) in [6.45, 7) is 3.02. The summed E-state index contributed by atoms with van der Waals surface area (Å²) in [5.41, 5.74) is 3.79. The Morgan fingerprint density at radius 3 is 2.95 bits per heavy atom. The minimum absolute atomic E-state index is 0.913. The topological polar surface area (TPSA) is 24.5 Å². The van der Waals surface area contributed by atoms with Gasteiger partial charge in [-0.05, 0) is 36.2 Å². The van der Waals surface area contributed by atoms with Crippen LogP contribution in [0.4, 0.5) is 11.4 Å². The second-order valence-corrected chi connectivity index (χ2v) is 5.07. The van der Waals surface area contributed by atoms with Crippen molar-refractivity contribution in [1.29, 1.82) is 0 Å². The van der Waals surface area contributed by atoms with Crippen LogP contribution in [0.3, 0.4) is 0 Å². The van der Waals surface area contributed by atoms with Crippen molar-refractivity contribution in [2.24, 2.45) is 0 Å². The summed E-state index contributed by atoms with van der Waals surface area (Å²) in [6.07, 6.45) is 1.15. The molecule has 0 saturated heterocycles. The predicted molar refractivity (Wildman–Crippen MR) is 83.6 cm³/mol. The molecule has 1 aliphatic rings. The van der Waals surface area contributed by atoms with Gasteiger partial charge in [0.25, 0.3) is 0 Å². The van der Waals surface area contributed by atoms with Crippen LogP contribution in [0.15, 0.2) is 48.5 Å². The maximum Gasteiger partial charge on any atom is 0.119 e. The minimum atomic E-state index is 0.913. The molecule has 0 aromatic heterocycles. The van der Waals surface area contributed by atoms with Gasteiger partial charge in [-0.1, -0.05) is 24.3 Å². The molecule has 0 unspecified atom stereocenters. The summed E-state index contributed by atoms with van der Waals surface area (Å²) in [4.78, 5) is 2.43. The third kappa shape index (κ3) is 2.72. The van der Waals surface area contributed by atoms with Crippen LogP contribution in [0.1, 0.15) is 12.0 Å². The van der Waals surface area contributed by atoms with Gasteiger partial charge in [-0.3, -0.25) is 0 Å². The van der Waals surface area contributed by atoms with E-state index in [1.807, 2.05) is 6.07 Å². The molecule has 0 fully saturated rings. The highest BCUT2D eigenvalue weighted by molar-refractivity contribution is 5.70. The van der Waals surface area contributed by atoms with Crippen molar-refractivity contribution in [1.82, 2.24) is 0 Å². The number of fused-ring (bicyclic) bond motifs is 1. The monoisotopic (exact) mass is 268 g/mol. The third-order valence-corrected chi connectivity index (χ3v) is 3.67. The van der Waals surface area contributed by atoms with Crippen LogP contribution in [0.25, 0.3) is 0 Å². The van der Waals surface area contributed by atoms with Gasteiger partial charge in [0, 0.05) is 19.6 Å². The number of nitrogens with zero attached hydrogens (tertiary/aromatic N) is 1. The van der Waals surface area contributed by atoms with E-state index in [1.54, 1.807) is 7.11 Å². The Morgan fingerprint density at radius 1 is 1.15 bits per heavy atom. The van der Waals surface area contributed by atoms with Crippen LogP contribution in [0.2, 0.25) is 0 Å². The summed E-state index contributed by atoms with van der Waals surface area (Å²) in [5, 5.41) is 3.50. The zero-order chi connectivity index (χ0) is 13.8. The molecule has 3 nitrogen and oxygen atoms in total. The first-order chi connectivity index (χ1) is 9.86. The zero-order valence-corrected chi connectivity index (χ0v) is 11.8. The molecule has 0 radical (unpaired) electrons. The number of nitrogens with one attached hydrogen (secondary N) is 1. The van der Waals surface area contributed by atoms with Gasteiger partial charge < -0.3 is 15.0 Å². The summed E-state index contributed by atoms with van der Waals surface area (Å²) in [7, 11) is 1.71. The summed E-state index contributed by atoms with van der Waals surface area (Å²) in [6, 6.07) is 16.8. The SMILES string of the molecule is COc1cccc(CN2CCCNc3ccccc32)c1. The second kappa shape index (κ2) is 5.87. The molecule has 0 aliphatic carbocycles. The zero-order valence-electron chi connectivity index (χ0n) is 11.8. The van der Waals surface area contributed by atoms with Gasteiger partial charge in [0.15, 0.2) is 0 Å². The lowest BCUT2D eigenvalue weighted by Gasteiger charge is -2.24. The van der Waals surface area contributed by atoms with Crippen molar-refractivity contribution in [3.05, 3.63) is 54.1 Å². The Labute approximate surface area is 120 Å². The molecule has 20 heavy (non-hydrogen) atoms. The highest BCUT2D eigenvalue weighted by atomic mass is 16.5. The number of para-hydroxylation sites is 2. The van der Waals surface area contributed by atoms with Crippen LogP contribution < -0.4 is 15.0 Å². The van der Waals surface area contributed by atoms with E-state index in [4.69, 9.17) is 4.74 Å². The van der Waals surface area contributed by atoms with E-state index < -0.39 is 0 Å². The Balaban J connectivity index is 1.86. The van der Waals surface area contributed by atoms with E-state index in [0.717, 1.165) is 31.8 Å². The van der Waals surface area contributed by atoms with Crippen molar-refractivity contribution in [2.45, 2.75) is 13.0 Å².